The van der Waals surface area contributed by atoms with Gasteiger partial charge in [-0.25, -0.2) is 4.79 Å². The molecule has 1 unspecified atom stereocenters. The number of nitrogens with zero attached hydrogens (tertiary/aromatic N) is 1. The van der Waals surface area contributed by atoms with Crippen LogP contribution in [0.5, 0.6) is 0 Å². The Bertz CT molecular complexity index is 797. The van der Waals surface area contributed by atoms with Gasteiger partial charge >= 0.3 is 6.03 Å². The minimum Gasteiger partial charge on any atom is -0.322 e. The first-order chi connectivity index (χ1) is 12.0. The molecule has 1 aliphatic heterocycles. The third-order valence-electron chi connectivity index (χ3n) is 4.36. The molecule has 0 radical (unpaired) electrons. The van der Waals surface area contributed by atoms with Crippen LogP contribution in [-0.2, 0) is 4.79 Å². The molecule has 1 heterocycles. The van der Waals surface area contributed by atoms with Crippen LogP contribution < -0.4 is 5.32 Å². The van der Waals surface area contributed by atoms with Crippen LogP contribution in [0.2, 0.25) is 0 Å². The van der Waals surface area contributed by atoms with Gasteiger partial charge in [0.15, 0.2) is 5.78 Å². The molecule has 2 aromatic carbocycles. The van der Waals surface area contributed by atoms with Crippen molar-refractivity contribution in [1.82, 2.24) is 10.2 Å². The number of amides is 3. The van der Waals surface area contributed by atoms with E-state index in [0.717, 1.165) is 10.5 Å². The van der Waals surface area contributed by atoms with Crippen molar-refractivity contribution in [3.63, 3.8) is 0 Å². The molecule has 1 aliphatic rings. The lowest BCUT2D eigenvalue weighted by molar-refractivity contribution is -0.127. The first-order valence-corrected chi connectivity index (χ1v) is 8.27. The molecule has 5 heteroatoms. The Morgan fingerprint density at radius 3 is 2.28 bits per heavy atom. The molecule has 0 bridgehead atoms. The molecular weight excluding hydrogens is 316 g/mol. The summed E-state index contributed by atoms with van der Waals surface area (Å²) >= 11 is 0. The van der Waals surface area contributed by atoms with Gasteiger partial charge in [-0.05, 0) is 17.0 Å². The summed E-state index contributed by atoms with van der Waals surface area (Å²) in [5.41, 5.74) is 2.33. The van der Waals surface area contributed by atoms with Crippen LogP contribution in [0.3, 0.4) is 0 Å². The number of ketones is 1. The van der Waals surface area contributed by atoms with Crippen molar-refractivity contribution in [2.75, 3.05) is 6.54 Å². The smallest absolute Gasteiger partial charge is 0.322 e. The molecule has 1 fully saturated rings. The van der Waals surface area contributed by atoms with Crippen molar-refractivity contribution in [3.8, 4) is 0 Å². The SMILES string of the molecule is CC(C)c1ccc(C(=O)CN2C(=O)NC(c3ccccc3)C2=O)cc1. The van der Waals surface area contributed by atoms with Crippen LogP contribution >= 0.6 is 0 Å². The highest BCUT2D eigenvalue weighted by atomic mass is 16.2. The Balaban J connectivity index is 1.73. The molecule has 2 aromatic rings. The quantitative estimate of drug-likeness (QED) is 0.673. The van der Waals surface area contributed by atoms with E-state index in [0.29, 0.717) is 17.0 Å². The van der Waals surface area contributed by atoms with Gasteiger partial charge in [0.05, 0.1) is 6.54 Å². The number of imide groups is 1. The molecule has 0 saturated carbocycles. The normalized spacial score (nSPS) is 17.1. The number of carbonyl (C=O) groups is 3. The molecule has 3 amide bonds. The molecule has 0 aliphatic carbocycles. The zero-order valence-corrected chi connectivity index (χ0v) is 14.2. The van der Waals surface area contributed by atoms with Crippen LogP contribution in [0.15, 0.2) is 54.6 Å². The van der Waals surface area contributed by atoms with Gasteiger partial charge in [-0.2, -0.15) is 0 Å². The van der Waals surface area contributed by atoms with Gasteiger partial charge in [-0.3, -0.25) is 14.5 Å². The molecule has 3 rings (SSSR count). The van der Waals surface area contributed by atoms with Crippen LogP contribution in [0, 0.1) is 0 Å². The highest BCUT2D eigenvalue weighted by molar-refractivity contribution is 6.09. The molecule has 5 nitrogen and oxygen atoms in total. The van der Waals surface area contributed by atoms with E-state index >= 15 is 0 Å². The highest BCUT2D eigenvalue weighted by Crippen LogP contribution is 2.22. The average Bonchev–Trinajstić information content (AvgIpc) is 2.90. The number of hydrogen-bond donors (Lipinski definition) is 1. The van der Waals surface area contributed by atoms with Crippen molar-refractivity contribution < 1.29 is 14.4 Å². The van der Waals surface area contributed by atoms with Crippen LogP contribution in [-0.4, -0.2) is 29.2 Å². The number of benzene rings is 2. The van der Waals surface area contributed by atoms with Gasteiger partial charge in [0.1, 0.15) is 6.04 Å². The van der Waals surface area contributed by atoms with Crippen LogP contribution in [0.25, 0.3) is 0 Å². The predicted octanol–water partition coefficient (Wildman–Crippen LogP) is 3.29. The fraction of sp³-hybridized carbons (Fsp3) is 0.250. The van der Waals surface area contributed by atoms with Crippen molar-refractivity contribution in [2.45, 2.75) is 25.8 Å². The zero-order chi connectivity index (χ0) is 18.0. The summed E-state index contributed by atoms with van der Waals surface area (Å²) in [4.78, 5) is 38.1. The summed E-state index contributed by atoms with van der Waals surface area (Å²) in [5.74, 6) is -0.280. The van der Waals surface area contributed by atoms with Crippen molar-refractivity contribution in [3.05, 3.63) is 71.3 Å². The Morgan fingerprint density at radius 1 is 1.04 bits per heavy atom. The lowest BCUT2D eigenvalue weighted by atomic mass is 10.0. The van der Waals surface area contributed by atoms with Gasteiger partial charge in [0, 0.05) is 5.56 Å². The summed E-state index contributed by atoms with van der Waals surface area (Å²) in [5, 5.41) is 2.64. The van der Waals surface area contributed by atoms with Gasteiger partial charge in [-0.1, -0.05) is 68.4 Å². The Hall–Kier alpha value is -2.95. The summed E-state index contributed by atoms with van der Waals surface area (Å²) in [7, 11) is 0. The van der Waals surface area contributed by atoms with E-state index in [-0.39, 0.29) is 12.3 Å². The van der Waals surface area contributed by atoms with E-state index in [1.807, 2.05) is 18.2 Å². The molecule has 128 valence electrons. The minimum absolute atomic E-state index is 0.255. The largest absolute Gasteiger partial charge is 0.325 e. The van der Waals surface area contributed by atoms with E-state index in [9.17, 15) is 14.4 Å². The van der Waals surface area contributed by atoms with Gasteiger partial charge in [0.25, 0.3) is 5.91 Å². The van der Waals surface area contributed by atoms with Gasteiger partial charge < -0.3 is 5.32 Å². The van der Waals surface area contributed by atoms with Crippen molar-refractivity contribution in [2.24, 2.45) is 0 Å². The number of hydrogen-bond acceptors (Lipinski definition) is 3. The topological polar surface area (TPSA) is 66.5 Å². The summed E-state index contributed by atoms with van der Waals surface area (Å²) < 4.78 is 0. The van der Waals surface area contributed by atoms with E-state index < -0.39 is 18.0 Å². The molecule has 1 saturated heterocycles. The fourth-order valence-electron chi connectivity index (χ4n) is 2.83. The first-order valence-electron chi connectivity index (χ1n) is 8.27. The van der Waals surface area contributed by atoms with E-state index in [2.05, 4.69) is 19.2 Å². The summed E-state index contributed by atoms with van der Waals surface area (Å²) in [6, 6.07) is 15.0. The zero-order valence-electron chi connectivity index (χ0n) is 14.2. The monoisotopic (exact) mass is 336 g/mol. The van der Waals surface area contributed by atoms with Gasteiger partial charge in [-0.15, -0.1) is 0 Å². The molecule has 0 spiro atoms. The van der Waals surface area contributed by atoms with E-state index in [1.165, 1.54) is 0 Å². The Morgan fingerprint density at radius 2 is 1.68 bits per heavy atom. The summed E-state index contributed by atoms with van der Waals surface area (Å²) in [6.45, 7) is 3.90. The predicted molar refractivity (Wildman–Crippen MR) is 94.3 cm³/mol. The highest BCUT2D eigenvalue weighted by Gasteiger charge is 2.39. The lowest BCUT2D eigenvalue weighted by Crippen LogP contribution is -2.35. The third-order valence-corrected chi connectivity index (χ3v) is 4.36. The maximum atomic E-state index is 12.5. The fourth-order valence-corrected chi connectivity index (χ4v) is 2.83. The minimum atomic E-state index is -0.732. The summed E-state index contributed by atoms with van der Waals surface area (Å²) in [6.07, 6.45) is 0. The van der Waals surface area contributed by atoms with Crippen molar-refractivity contribution >= 4 is 17.7 Å². The van der Waals surface area contributed by atoms with E-state index in [1.54, 1.807) is 36.4 Å². The first kappa shape index (κ1) is 16.9. The maximum absolute atomic E-state index is 12.5. The standard InChI is InChI=1S/C20H20N2O3/c1-13(2)14-8-10-15(11-9-14)17(23)12-22-19(24)18(21-20(22)25)16-6-4-3-5-7-16/h3-11,13,18H,12H2,1-2H3,(H,21,25). The van der Waals surface area contributed by atoms with Crippen LogP contribution in [0.1, 0.15) is 47.3 Å². The molecule has 0 aromatic heterocycles. The number of Topliss-reactive ketones (excluding diaryl/α,β-unsaturated/α-hetero) is 1. The number of rotatable bonds is 5. The van der Waals surface area contributed by atoms with Gasteiger partial charge in [0.2, 0.25) is 0 Å². The molecular formula is C20H20N2O3. The number of carbonyl (C=O) groups excluding carboxylic acids is 3. The van der Waals surface area contributed by atoms with E-state index in [4.69, 9.17) is 0 Å². The van der Waals surface area contributed by atoms with Crippen molar-refractivity contribution in [1.29, 1.82) is 0 Å². The molecule has 1 atom stereocenters. The second-order valence-electron chi connectivity index (χ2n) is 6.42. The molecule has 1 N–H and O–H groups in total. The Labute approximate surface area is 146 Å². The average molecular weight is 336 g/mol. The lowest BCUT2D eigenvalue weighted by Gasteiger charge is -2.13. The molecule has 25 heavy (non-hydrogen) atoms. The maximum Gasteiger partial charge on any atom is 0.325 e. The second kappa shape index (κ2) is 6.89. The number of nitrogens with one attached hydrogen (secondary N) is 1. The Kier molecular flexibility index (Phi) is 4.65. The third kappa shape index (κ3) is 3.45. The second-order valence-corrected chi connectivity index (χ2v) is 6.42. The van der Waals surface area contributed by atoms with Crippen LogP contribution in [0.4, 0.5) is 4.79 Å². The number of urea groups is 1.